The Morgan fingerprint density at radius 2 is 1.94 bits per heavy atom. The van der Waals surface area contributed by atoms with E-state index in [4.69, 9.17) is 10.8 Å². The molecule has 2 amide bonds. The van der Waals surface area contributed by atoms with Gasteiger partial charge in [0, 0.05) is 6.54 Å². The second-order valence-electron chi connectivity index (χ2n) is 3.38. The number of carbonyl (C=O) groups is 2. The molecule has 1 aromatic carbocycles. The summed E-state index contributed by atoms with van der Waals surface area (Å²) in [4.78, 5) is 21.8. The van der Waals surface area contributed by atoms with Gasteiger partial charge in [-0.25, -0.2) is 0 Å². The van der Waals surface area contributed by atoms with E-state index in [-0.39, 0.29) is 6.42 Å². The van der Waals surface area contributed by atoms with Crippen LogP contribution in [-0.4, -0.2) is 23.0 Å². The Morgan fingerprint density at radius 1 is 1.31 bits per heavy atom. The Bertz CT molecular complexity index is 365. The monoisotopic (exact) mass is 222 g/mol. The van der Waals surface area contributed by atoms with Gasteiger partial charge in [-0.2, -0.15) is 0 Å². The molecule has 0 aliphatic carbocycles. The Hall–Kier alpha value is -1.88. The minimum absolute atomic E-state index is 0.303. The summed E-state index contributed by atoms with van der Waals surface area (Å²) in [5, 5.41) is 11.6. The topological polar surface area (TPSA) is 92.4 Å². The van der Waals surface area contributed by atoms with Crippen molar-refractivity contribution in [3.63, 3.8) is 0 Å². The number of aliphatic hydroxyl groups excluding tert-OH is 1. The highest BCUT2D eigenvalue weighted by Gasteiger charge is 2.15. The zero-order valence-electron chi connectivity index (χ0n) is 8.72. The van der Waals surface area contributed by atoms with Crippen LogP contribution in [0.5, 0.6) is 0 Å². The normalized spacial score (nSPS) is 11.8. The average Bonchev–Trinajstić information content (AvgIpc) is 2.27. The van der Waals surface area contributed by atoms with Crippen molar-refractivity contribution in [3.8, 4) is 0 Å². The molecule has 0 aliphatic rings. The molecule has 0 spiro atoms. The molecule has 0 aromatic heterocycles. The standard InChI is InChI=1S/C11H14N2O3/c12-11(16)9(14)6-10(15)13-7-8-4-2-1-3-5-8/h1-5,9,14H,6-7H2,(H2,12,16)(H,13,15)/t9-/m0/s1. The molecule has 0 radical (unpaired) electrons. The predicted octanol–water partition coefficient (Wildman–Crippen LogP) is -0.461. The second kappa shape index (κ2) is 5.87. The smallest absolute Gasteiger partial charge is 0.246 e. The second-order valence-corrected chi connectivity index (χ2v) is 3.38. The molecule has 0 aliphatic heterocycles. The largest absolute Gasteiger partial charge is 0.383 e. The third kappa shape index (κ3) is 4.10. The van der Waals surface area contributed by atoms with E-state index in [2.05, 4.69) is 5.32 Å². The number of hydrogen-bond donors (Lipinski definition) is 3. The molecule has 0 saturated heterocycles. The van der Waals surface area contributed by atoms with E-state index >= 15 is 0 Å². The number of amides is 2. The molecule has 0 saturated carbocycles. The predicted molar refractivity (Wildman–Crippen MR) is 58.1 cm³/mol. The van der Waals surface area contributed by atoms with Crippen LogP contribution in [-0.2, 0) is 16.1 Å². The van der Waals surface area contributed by atoms with E-state index in [0.29, 0.717) is 6.54 Å². The number of hydrogen-bond acceptors (Lipinski definition) is 3. The van der Waals surface area contributed by atoms with E-state index in [1.54, 1.807) is 0 Å². The number of nitrogens with two attached hydrogens (primary N) is 1. The fourth-order valence-corrected chi connectivity index (χ4v) is 1.14. The van der Waals surface area contributed by atoms with Crippen LogP contribution in [0.3, 0.4) is 0 Å². The molecule has 5 nitrogen and oxygen atoms in total. The summed E-state index contributed by atoms with van der Waals surface area (Å²) in [6.45, 7) is 0.366. The molecule has 1 atom stereocenters. The van der Waals surface area contributed by atoms with Crippen LogP contribution < -0.4 is 11.1 Å². The van der Waals surface area contributed by atoms with Crippen LogP contribution in [0.25, 0.3) is 0 Å². The number of benzene rings is 1. The van der Waals surface area contributed by atoms with Gasteiger partial charge in [-0.15, -0.1) is 0 Å². The molecule has 4 N–H and O–H groups in total. The lowest BCUT2D eigenvalue weighted by atomic mass is 10.2. The number of carbonyl (C=O) groups excluding carboxylic acids is 2. The van der Waals surface area contributed by atoms with Crippen LogP contribution in [0, 0.1) is 0 Å². The first kappa shape index (κ1) is 12.2. The third-order valence-electron chi connectivity index (χ3n) is 2.04. The number of rotatable bonds is 5. The summed E-state index contributed by atoms with van der Waals surface area (Å²) in [6.07, 6.45) is -1.72. The van der Waals surface area contributed by atoms with Crippen molar-refractivity contribution in [1.29, 1.82) is 0 Å². The van der Waals surface area contributed by atoms with Gasteiger partial charge in [0.05, 0.1) is 6.42 Å². The van der Waals surface area contributed by atoms with Crippen LogP contribution in [0.2, 0.25) is 0 Å². The van der Waals surface area contributed by atoms with Gasteiger partial charge >= 0.3 is 0 Å². The maximum absolute atomic E-state index is 11.3. The molecule has 86 valence electrons. The lowest BCUT2D eigenvalue weighted by Crippen LogP contribution is -2.34. The van der Waals surface area contributed by atoms with Gasteiger partial charge in [-0.05, 0) is 5.56 Å². The Labute approximate surface area is 93.3 Å². The Kier molecular flexibility index (Phi) is 4.47. The minimum atomic E-state index is -1.42. The molecule has 0 fully saturated rings. The van der Waals surface area contributed by atoms with E-state index in [0.717, 1.165) is 5.56 Å². The highest BCUT2D eigenvalue weighted by atomic mass is 16.3. The summed E-state index contributed by atoms with van der Waals surface area (Å²) in [7, 11) is 0. The van der Waals surface area contributed by atoms with E-state index < -0.39 is 17.9 Å². The number of nitrogens with one attached hydrogen (secondary N) is 1. The summed E-state index contributed by atoms with van der Waals surface area (Å²) in [5.74, 6) is -1.30. The number of primary amides is 1. The van der Waals surface area contributed by atoms with Crippen molar-refractivity contribution in [3.05, 3.63) is 35.9 Å². The van der Waals surface area contributed by atoms with E-state index in [1.165, 1.54) is 0 Å². The van der Waals surface area contributed by atoms with Crippen molar-refractivity contribution in [2.75, 3.05) is 0 Å². The average molecular weight is 222 g/mol. The molecular formula is C11H14N2O3. The fourth-order valence-electron chi connectivity index (χ4n) is 1.14. The fraction of sp³-hybridized carbons (Fsp3) is 0.273. The maximum Gasteiger partial charge on any atom is 0.246 e. The molecule has 1 rings (SSSR count). The van der Waals surface area contributed by atoms with E-state index in [9.17, 15) is 9.59 Å². The molecule has 1 aromatic rings. The summed E-state index contributed by atoms with van der Waals surface area (Å²) in [5.41, 5.74) is 5.77. The van der Waals surface area contributed by atoms with Crippen LogP contribution >= 0.6 is 0 Å². The van der Waals surface area contributed by atoms with Crippen LogP contribution in [0.15, 0.2) is 30.3 Å². The SMILES string of the molecule is NC(=O)[C@@H](O)CC(=O)NCc1ccccc1. The first-order valence-electron chi connectivity index (χ1n) is 4.87. The third-order valence-corrected chi connectivity index (χ3v) is 2.04. The molecule has 5 heteroatoms. The first-order chi connectivity index (χ1) is 7.59. The van der Waals surface area contributed by atoms with Crippen molar-refractivity contribution in [2.24, 2.45) is 5.73 Å². The van der Waals surface area contributed by atoms with E-state index in [1.807, 2.05) is 30.3 Å². The Morgan fingerprint density at radius 3 is 2.50 bits per heavy atom. The van der Waals surface area contributed by atoms with Crippen molar-refractivity contribution in [1.82, 2.24) is 5.32 Å². The highest BCUT2D eigenvalue weighted by Crippen LogP contribution is 1.98. The van der Waals surface area contributed by atoms with Crippen molar-refractivity contribution in [2.45, 2.75) is 19.1 Å². The highest BCUT2D eigenvalue weighted by molar-refractivity contribution is 5.86. The number of aliphatic hydroxyl groups is 1. The van der Waals surface area contributed by atoms with Gasteiger partial charge in [0.25, 0.3) is 0 Å². The van der Waals surface area contributed by atoms with Crippen molar-refractivity contribution >= 4 is 11.8 Å². The van der Waals surface area contributed by atoms with Gasteiger partial charge in [-0.1, -0.05) is 30.3 Å². The quantitative estimate of drug-likeness (QED) is 0.629. The zero-order valence-corrected chi connectivity index (χ0v) is 8.72. The van der Waals surface area contributed by atoms with Gasteiger partial charge in [0.2, 0.25) is 11.8 Å². The molecule has 0 unspecified atom stereocenters. The molecule has 0 bridgehead atoms. The zero-order chi connectivity index (χ0) is 12.0. The molecular weight excluding hydrogens is 208 g/mol. The summed E-state index contributed by atoms with van der Waals surface area (Å²) < 4.78 is 0. The van der Waals surface area contributed by atoms with Gasteiger partial charge in [-0.3, -0.25) is 9.59 Å². The van der Waals surface area contributed by atoms with Gasteiger partial charge in [0.1, 0.15) is 6.10 Å². The van der Waals surface area contributed by atoms with Crippen molar-refractivity contribution < 1.29 is 14.7 Å². The minimum Gasteiger partial charge on any atom is -0.383 e. The van der Waals surface area contributed by atoms with Crippen LogP contribution in [0.1, 0.15) is 12.0 Å². The van der Waals surface area contributed by atoms with Gasteiger partial charge < -0.3 is 16.2 Å². The lowest BCUT2D eigenvalue weighted by molar-refractivity contribution is -0.132. The summed E-state index contributed by atoms with van der Waals surface area (Å²) >= 11 is 0. The lowest BCUT2D eigenvalue weighted by Gasteiger charge is -2.07. The van der Waals surface area contributed by atoms with Crippen LogP contribution in [0.4, 0.5) is 0 Å². The molecule has 16 heavy (non-hydrogen) atoms. The molecule has 0 heterocycles. The maximum atomic E-state index is 11.3. The Balaban J connectivity index is 2.33. The first-order valence-corrected chi connectivity index (χ1v) is 4.87. The van der Waals surface area contributed by atoms with Gasteiger partial charge in [0.15, 0.2) is 0 Å². The summed E-state index contributed by atoms with van der Waals surface area (Å²) in [6, 6.07) is 9.33.